The number of benzene rings is 3. The first-order valence-corrected chi connectivity index (χ1v) is 11.1. The summed E-state index contributed by atoms with van der Waals surface area (Å²) < 4.78 is 44.2. The molecule has 190 valence electrons. The molecule has 0 heterocycles. The highest BCUT2D eigenvalue weighted by molar-refractivity contribution is 5.97. The van der Waals surface area contributed by atoms with Gasteiger partial charge in [-0.1, -0.05) is 30.3 Å². The number of carbonyl (C=O) groups is 2. The third-order valence-corrected chi connectivity index (χ3v) is 5.64. The summed E-state index contributed by atoms with van der Waals surface area (Å²) in [5.41, 5.74) is 2.25. The van der Waals surface area contributed by atoms with E-state index in [0.29, 0.717) is 30.1 Å². The standard InChI is InChI=1S/C27H27F2NO6/c1-34-12-11-17-14-22(35-2)24(23(15-17)36-3)18-9-7-16(8-10-18)13-21(27(32)33)30-26(31)25-19(28)5-4-6-20(25)29/h4-10,14-15,21H,11-13H2,1-3H3,(H,30,31)(H,32,33)/t21-/m0/s1. The number of hydrogen-bond donors (Lipinski definition) is 2. The number of halogens is 2. The van der Waals surface area contributed by atoms with Crippen LogP contribution in [0.25, 0.3) is 11.1 Å². The summed E-state index contributed by atoms with van der Waals surface area (Å²) >= 11 is 0. The van der Waals surface area contributed by atoms with Crippen LogP contribution in [-0.4, -0.2) is 51.0 Å². The number of carboxylic acids is 1. The van der Waals surface area contributed by atoms with Crippen LogP contribution in [0, 0.1) is 11.6 Å². The van der Waals surface area contributed by atoms with E-state index in [0.717, 1.165) is 34.9 Å². The Kier molecular flexibility index (Phi) is 8.97. The molecule has 3 aromatic carbocycles. The van der Waals surface area contributed by atoms with Crippen molar-refractivity contribution in [2.75, 3.05) is 27.9 Å². The molecule has 0 aliphatic rings. The van der Waals surface area contributed by atoms with Gasteiger partial charge >= 0.3 is 5.97 Å². The summed E-state index contributed by atoms with van der Waals surface area (Å²) in [6.07, 6.45) is 0.586. The highest BCUT2D eigenvalue weighted by Crippen LogP contribution is 2.40. The number of carbonyl (C=O) groups excluding carboxylic acids is 1. The van der Waals surface area contributed by atoms with E-state index < -0.39 is 35.1 Å². The second kappa shape index (κ2) is 12.1. The maximum absolute atomic E-state index is 13.9. The van der Waals surface area contributed by atoms with Crippen molar-refractivity contribution in [3.05, 3.63) is 82.9 Å². The number of aliphatic carboxylic acids is 1. The number of amides is 1. The van der Waals surface area contributed by atoms with E-state index in [1.54, 1.807) is 45.6 Å². The molecule has 0 aromatic heterocycles. The number of carboxylic acid groups (broad SMARTS) is 1. The van der Waals surface area contributed by atoms with Gasteiger partial charge in [0.05, 0.1) is 26.4 Å². The second-order valence-corrected chi connectivity index (χ2v) is 7.98. The average molecular weight is 500 g/mol. The molecule has 0 unspecified atom stereocenters. The van der Waals surface area contributed by atoms with Crippen LogP contribution in [0.3, 0.4) is 0 Å². The number of hydrogen-bond acceptors (Lipinski definition) is 5. The first-order valence-electron chi connectivity index (χ1n) is 11.1. The van der Waals surface area contributed by atoms with Gasteiger partial charge in [-0.15, -0.1) is 0 Å². The molecule has 0 radical (unpaired) electrons. The molecule has 1 atom stereocenters. The Morgan fingerprint density at radius 2 is 1.50 bits per heavy atom. The van der Waals surface area contributed by atoms with Crippen molar-refractivity contribution in [1.29, 1.82) is 0 Å². The SMILES string of the molecule is COCCc1cc(OC)c(-c2ccc(C[C@H](NC(=O)c3c(F)cccc3F)C(=O)O)cc2)c(OC)c1. The van der Waals surface area contributed by atoms with E-state index in [-0.39, 0.29) is 6.42 Å². The first kappa shape index (κ1) is 26.6. The summed E-state index contributed by atoms with van der Waals surface area (Å²) in [4.78, 5) is 24.1. The van der Waals surface area contributed by atoms with Gasteiger partial charge in [-0.2, -0.15) is 0 Å². The molecule has 3 rings (SSSR count). The van der Waals surface area contributed by atoms with E-state index in [9.17, 15) is 23.5 Å². The monoisotopic (exact) mass is 499 g/mol. The maximum Gasteiger partial charge on any atom is 0.326 e. The highest BCUT2D eigenvalue weighted by atomic mass is 19.1. The van der Waals surface area contributed by atoms with E-state index in [2.05, 4.69) is 5.32 Å². The molecule has 2 N–H and O–H groups in total. The summed E-state index contributed by atoms with van der Waals surface area (Å²) in [6, 6.07) is 12.4. The molecule has 0 saturated carbocycles. The van der Waals surface area contributed by atoms with Gasteiger partial charge in [0.25, 0.3) is 5.91 Å². The molecule has 0 spiro atoms. The van der Waals surface area contributed by atoms with Crippen LogP contribution in [0.1, 0.15) is 21.5 Å². The van der Waals surface area contributed by atoms with Gasteiger partial charge in [0.2, 0.25) is 0 Å². The Morgan fingerprint density at radius 1 is 0.917 bits per heavy atom. The molecule has 9 heteroatoms. The van der Waals surface area contributed by atoms with Crippen LogP contribution in [0.15, 0.2) is 54.6 Å². The highest BCUT2D eigenvalue weighted by Gasteiger charge is 2.25. The number of methoxy groups -OCH3 is 3. The van der Waals surface area contributed by atoms with E-state index in [1.807, 2.05) is 12.1 Å². The van der Waals surface area contributed by atoms with Crippen molar-refractivity contribution >= 4 is 11.9 Å². The minimum absolute atomic E-state index is 0.0956. The zero-order valence-corrected chi connectivity index (χ0v) is 20.1. The van der Waals surface area contributed by atoms with Gasteiger partial charge in [0, 0.05) is 13.5 Å². The van der Waals surface area contributed by atoms with Gasteiger partial charge in [-0.05, 0) is 47.4 Å². The minimum Gasteiger partial charge on any atom is -0.496 e. The molecule has 0 aliphatic heterocycles. The van der Waals surface area contributed by atoms with Crippen LogP contribution in [0.4, 0.5) is 8.78 Å². The lowest BCUT2D eigenvalue weighted by molar-refractivity contribution is -0.139. The fourth-order valence-electron chi connectivity index (χ4n) is 3.80. The predicted octanol–water partition coefficient (Wildman–Crippen LogP) is 4.26. The van der Waals surface area contributed by atoms with Crippen LogP contribution in [-0.2, 0) is 22.4 Å². The second-order valence-electron chi connectivity index (χ2n) is 7.98. The quantitative estimate of drug-likeness (QED) is 0.410. The van der Waals surface area contributed by atoms with Crippen molar-refractivity contribution in [3.63, 3.8) is 0 Å². The van der Waals surface area contributed by atoms with Gasteiger partial charge in [-0.3, -0.25) is 4.79 Å². The predicted molar refractivity (Wildman–Crippen MR) is 130 cm³/mol. The van der Waals surface area contributed by atoms with Crippen molar-refractivity contribution in [1.82, 2.24) is 5.32 Å². The normalized spacial score (nSPS) is 11.6. The Labute approximate surface area is 207 Å². The zero-order valence-electron chi connectivity index (χ0n) is 20.1. The van der Waals surface area contributed by atoms with Crippen LogP contribution < -0.4 is 14.8 Å². The minimum atomic E-state index is -1.40. The summed E-state index contributed by atoms with van der Waals surface area (Å²) in [7, 11) is 4.75. The van der Waals surface area contributed by atoms with Gasteiger partial charge in [0.1, 0.15) is 34.7 Å². The van der Waals surface area contributed by atoms with Gasteiger partial charge in [-0.25, -0.2) is 13.6 Å². The first-order chi connectivity index (χ1) is 17.3. The van der Waals surface area contributed by atoms with Crippen LogP contribution >= 0.6 is 0 Å². The fraction of sp³-hybridized carbons (Fsp3) is 0.259. The zero-order chi connectivity index (χ0) is 26.2. The lowest BCUT2D eigenvalue weighted by Gasteiger charge is -2.17. The molecule has 3 aromatic rings. The Hall–Kier alpha value is -3.98. The third kappa shape index (κ3) is 6.17. The van der Waals surface area contributed by atoms with Gasteiger partial charge < -0.3 is 24.6 Å². The molecule has 0 bridgehead atoms. The van der Waals surface area contributed by atoms with E-state index in [1.165, 1.54) is 0 Å². The van der Waals surface area contributed by atoms with Crippen molar-refractivity contribution in [2.24, 2.45) is 0 Å². The molecular formula is C27H27F2NO6. The topological polar surface area (TPSA) is 94.1 Å². The average Bonchev–Trinajstić information content (AvgIpc) is 2.86. The van der Waals surface area contributed by atoms with E-state index in [4.69, 9.17) is 14.2 Å². The lowest BCUT2D eigenvalue weighted by atomic mass is 9.97. The third-order valence-electron chi connectivity index (χ3n) is 5.64. The Morgan fingerprint density at radius 3 is 2.00 bits per heavy atom. The molecule has 36 heavy (non-hydrogen) atoms. The lowest BCUT2D eigenvalue weighted by Crippen LogP contribution is -2.42. The number of nitrogens with one attached hydrogen (secondary N) is 1. The number of ether oxygens (including phenoxy) is 3. The summed E-state index contributed by atoms with van der Waals surface area (Å²) in [5, 5.41) is 11.8. The molecule has 1 amide bonds. The van der Waals surface area contributed by atoms with Crippen molar-refractivity contribution < 1.29 is 37.7 Å². The molecule has 0 saturated heterocycles. The summed E-state index contributed by atoms with van der Waals surface area (Å²) in [5.74, 6) is -3.40. The van der Waals surface area contributed by atoms with E-state index >= 15 is 0 Å². The smallest absolute Gasteiger partial charge is 0.326 e. The van der Waals surface area contributed by atoms with Crippen LogP contribution in [0.5, 0.6) is 11.5 Å². The Bertz CT molecular complexity index is 1180. The Balaban J connectivity index is 1.83. The molecule has 0 fully saturated rings. The van der Waals surface area contributed by atoms with Crippen LogP contribution in [0.2, 0.25) is 0 Å². The summed E-state index contributed by atoms with van der Waals surface area (Å²) in [6.45, 7) is 0.547. The largest absolute Gasteiger partial charge is 0.496 e. The van der Waals surface area contributed by atoms with Crippen molar-refractivity contribution in [3.8, 4) is 22.6 Å². The molecular weight excluding hydrogens is 472 g/mol. The van der Waals surface area contributed by atoms with Gasteiger partial charge in [0.15, 0.2) is 0 Å². The fourth-order valence-corrected chi connectivity index (χ4v) is 3.80. The molecule has 7 nitrogen and oxygen atoms in total. The molecule has 0 aliphatic carbocycles. The van der Waals surface area contributed by atoms with Crippen molar-refractivity contribution in [2.45, 2.75) is 18.9 Å². The maximum atomic E-state index is 13.9. The number of rotatable bonds is 11.